The second-order valence-corrected chi connectivity index (χ2v) is 8.28. The Balaban J connectivity index is 1.49. The van der Waals surface area contributed by atoms with Gasteiger partial charge >= 0.3 is 12.0 Å². The van der Waals surface area contributed by atoms with Crippen molar-refractivity contribution in [2.24, 2.45) is 0 Å². The minimum atomic E-state index is -0.421. The number of hydrogen-bond acceptors (Lipinski definition) is 10. The van der Waals surface area contributed by atoms with Gasteiger partial charge in [-0.15, -0.1) is 11.3 Å². The maximum atomic E-state index is 12.9. The number of piperazine rings is 1. The number of ether oxygens (including phenoxy) is 3. The number of urea groups is 1. The third kappa shape index (κ3) is 4.62. The molecule has 3 heterocycles. The molecule has 0 bridgehead atoms. The van der Waals surface area contributed by atoms with Crippen LogP contribution in [0.2, 0.25) is 0 Å². The fraction of sp³-hybridized carbons (Fsp3) is 0.364. The van der Waals surface area contributed by atoms with E-state index in [-0.39, 0.29) is 18.6 Å². The smallest absolute Gasteiger partial charge is 0.339 e. The molecule has 0 spiro atoms. The summed E-state index contributed by atoms with van der Waals surface area (Å²) in [6, 6.07) is 4.96. The number of nitrogens with two attached hydrogens (primary N) is 1. The molecule has 3 N–H and O–H groups in total. The SMILES string of the molecule is CCOC(=O)c1csc2nc(N)nc(N3CCN(C(=O)Nc4ccc(OC)cc4OC)CC3)c12. The van der Waals surface area contributed by atoms with Gasteiger partial charge in [-0.1, -0.05) is 0 Å². The quantitative estimate of drug-likeness (QED) is 0.505. The van der Waals surface area contributed by atoms with Gasteiger partial charge in [-0.3, -0.25) is 0 Å². The van der Waals surface area contributed by atoms with Crippen LogP contribution in [0.15, 0.2) is 23.6 Å². The Labute approximate surface area is 200 Å². The molecular formula is C22H26N6O5S. The van der Waals surface area contributed by atoms with Gasteiger partial charge < -0.3 is 35.1 Å². The Hall–Kier alpha value is -3.80. The minimum Gasteiger partial charge on any atom is -0.497 e. The van der Waals surface area contributed by atoms with E-state index in [4.69, 9.17) is 19.9 Å². The van der Waals surface area contributed by atoms with E-state index in [2.05, 4.69) is 15.3 Å². The van der Waals surface area contributed by atoms with Crippen LogP contribution in [0.25, 0.3) is 10.2 Å². The average molecular weight is 487 g/mol. The largest absolute Gasteiger partial charge is 0.497 e. The summed E-state index contributed by atoms with van der Waals surface area (Å²) in [7, 11) is 3.10. The van der Waals surface area contributed by atoms with Crippen LogP contribution in [0.5, 0.6) is 11.5 Å². The lowest BCUT2D eigenvalue weighted by Gasteiger charge is -2.35. The summed E-state index contributed by atoms with van der Waals surface area (Å²) in [4.78, 5) is 38.4. The molecule has 0 aliphatic carbocycles. The average Bonchev–Trinajstić information content (AvgIpc) is 3.28. The molecule has 0 unspecified atom stereocenters. The molecule has 3 aromatic rings. The topological polar surface area (TPSA) is 132 Å². The van der Waals surface area contributed by atoms with Crippen molar-refractivity contribution in [3.63, 3.8) is 0 Å². The van der Waals surface area contributed by atoms with Crippen LogP contribution in [0.1, 0.15) is 17.3 Å². The van der Waals surface area contributed by atoms with Gasteiger partial charge in [0.25, 0.3) is 0 Å². The molecule has 12 heteroatoms. The number of aromatic nitrogens is 2. The van der Waals surface area contributed by atoms with E-state index in [0.29, 0.717) is 65.0 Å². The highest BCUT2D eigenvalue weighted by atomic mass is 32.1. The number of anilines is 3. The standard InChI is InChI=1S/C22H26N6O5S/c1-4-33-20(29)14-12-34-19-17(14)18(25-21(23)26-19)27-7-9-28(10-8-27)22(30)24-15-6-5-13(31-2)11-16(15)32-3/h5-6,11-12H,4,7-10H2,1-3H3,(H,24,30)(H2,23,25,26). The molecule has 1 fully saturated rings. The second-order valence-electron chi connectivity index (χ2n) is 7.43. The molecule has 0 radical (unpaired) electrons. The Morgan fingerprint density at radius 1 is 1.15 bits per heavy atom. The van der Waals surface area contributed by atoms with Crippen molar-refractivity contribution in [1.82, 2.24) is 14.9 Å². The number of thiophene rings is 1. The predicted molar refractivity (Wildman–Crippen MR) is 130 cm³/mol. The van der Waals surface area contributed by atoms with Crippen LogP contribution in [0.3, 0.4) is 0 Å². The summed E-state index contributed by atoms with van der Waals surface area (Å²) in [6.07, 6.45) is 0. The first-order chi connectivity index (χ1) is 16.4. The van der Waals surface area contributed by atoms with Crippen molar-refractivity contribution in [2.45, 2.75) is 6.92 Å². The molecule has 180 valence electrons. The van der Waals surface area contributed by atoms with Gasteiger partial charge in [-0.25, -0.2) is 14.6 Å². The van der Waals surface area contributed by atoms with Crippen LogP contribution in [-0.2, 0) is 4.74 Å². The Kier molecular flexibility index (Phi) is 6.87. The van der Waals surface area contributed by atoms with Crippen LogP contribution in [-0.4, -0.2) is 73.9 Å². The van der Waals surface area contributed by atoms with Gasteiger partial charge in [0.1, 0.15) is 22.1 Å². The van der Waals surface area contributed by atoms with Gasteiger partial charge in [-0.2, -0.15) is 4.98 Å². The maximum absolute atomic E-state index is 12.9. The molecule has 1 saturated heterocycles. The first-order valence-electron chi connectivity index (χ1n) is 10.7. The van der Waals surface area contributed by atoms with Crippen molar-refractivity contribution in [3.05, 3.63) is 29.1 Å². The van der Waals surface area contributed by atoms with Crippen LogP contribution in [0.4, 0.5) is 22.2 Å². The van der Waals surface area contributed by atoms with E-state index < -0.39 is 5.97 Å². The normalized spacial score (nSPS) is 13.6. The fourth-order valence-electron chi connectivity index (χ4n) is 3.74. The Morgan fingerprint density at radius 2 is 1.91 bits per heavy atom. The van der Waals surface area contributed by atoms with Crippen molar-refractivity contribution in [1.29, 1.82) is 0 Å². The summed E-state index contributed by atoms with van der Waals surface area (Å²) in [5, 5.41) is 5.23. The maximum Gasteiger partial charge on any atom is 0.339 e. The molecule has 34 heavy (non-hydrogen) atoms. The number of fused-ring (bicyclic) bond motifs is 1. The predicted octanol–water partition coefficient (Wildman–Crippen LogP) is 2.82. The van der Waals surface area contributed by atoms with Crippen LogP contribution in [0, 0.1) is 0 Å². The Bertz CT molecular complexity index is 1210. The fourth-order valence-corrected chi connectivity index (χ4v) is 4.65. The zero-order valence-electron chi connectivity index (χ0n) is 19.2. The first kappa shape index (κ1) is 23.4. The molecule has 0 atom stereocenters. The number of esters is 1. The third-order valence-corrected chi connectivity index (χ3v) is 6.32. The molecule has 4 rings (SSSR count). The lowest BCUT2D eigenvalue weighted by molar-refractivity contribution is 0.0529. The minimum absolute atomic E-state index is 0.131. The summed E-state index contributed by atoms with van der Waals surface area (Å²) < 4.78 is 15.7. The molecule has 1 aromatic carbocycles. The highest BCUT2D eigenvalue weighted by molar-refractivity contribution is 7.17. The van der Waals surface area contributed by atoms with Gasteiger partial charge in [0.2, 0.25) is 5.95 Å². The molecule has 2 aromatic heterocycles. The monoisotopic (exact) mass is 486 g/mol. The van der Waals surface area contributed by atoms with Gasteiger partial charge in [0.05, 0.1) is 37.5 Å². The summed E-state index contributed by atoms with van der Waals surface area (Å²) >= 11 is 1.32. The molecule has 1 aliphatic heterocycles. The van der Waals surface area contributed by atoms with Crippen molar-refractivity contribution in [2.75, 3.05) is 63.0 Å². The molecule has 11 nitrogen and oxygen atoms in total. The number of carbonyl (C=O) groups is 2. The summed E-state index contributed by atoms with van der Waals surface area (Å²) in [5.74, 6) is 1.42. The zero-order chi connectivity index (χ0) is 24.2. The lowest BCUT2D eigenvalue weighted by atomic mass is 10.2. The van der Waals surface area contributed by atoms with E-state index in [1.807, 2.05) is 4.90 Å². The third-order valence-electron chi connectivity index (χ3n) is 5.44. The van der Waals surface area contributed by atoms with Crippen molar-refractivity contribution < 1.29 is 23.8 Å². The van der Waals surface area contributed by atoms with Crippen molar-refractivity contribution in [3.8, 4) is 11.5 Å². The van der Waals surface area contributed by atoms with Crippen LogP contribution < -0.4 is 25.4 Å². The number of nitrogens with zero attached hydrogens (tertiary/aromatic N) is 4. The number of hydrogen-bond donors (Lipinski definition) is 2. The molecule has 1 aliphatic rings. The molecular weight excluding hydrogens is 460 g/mol. The Morgan fingerprint density at radius 3 is 2.59 bits per heavy atom. The number of rotatable bonds is 6. The van der Waals surface area contributed by atoms with Gasteiger partial charge in [0.15, 0.2) is 0 Å². The molecule has 2 amide bonds. The number of carbonyl (C=O) groups excluding carboxylic acids is 2. The lowest BCUT2D eigenvalue weighted by Crippen LogP contribution is -2.50. The molecule has 0 saturated carbocycles. The number of methoxy groups -OCH3 is 2. The van der Waals surface area contributed by atoms with E-state index in [1.54, 1.807) is 42.5 Å². The first-order valence-corrected chi connectivity index (χ1v) is 11.6. The second kappa shape index (κ2) is 10.00. The number of amides is 2. The number of benzene rings is 1. The van der Waals surface area contributed by atoms with Crippen LogP contribution >= 0.6 is 11.3 Å². The summed E-state index contributed by atoms with van der Waals surface area (Å²) in [5.41, 5.74) is 6.91. The van der Waals surface area contributed by atoms with Gasteiger partial charge in [-0.05, 0) is 19.1 Å². The highest BCUT2D eigenvalue weighted by Gasteiger charge is 2.27. The van der Waals surface area contributed by atoms with E-state index in [1.165, 1.54) is 18.4 Å². The highest BCUT2D eigenvalue weighted by Crippen LogP contribution is 2.34. The van der Waals surface area contributed by atoms with E-state index >= 15 is 0 Å². The van der Waals surface area contributed by atoms with E-state index in [0.717, 1.165) is 0 Å². The van der Waals surface area contributed by atoms with Crippen molar-refractivity contribution >= 4 is 51.0 Å². The van der Waals surface area contributed by atoms with E-state index in [9.17, 15) is 9.59 Å². The number of nitrogen functional groups attached to an aromatic ring is 1. The zero-order valence-corrected chi connectivity index (χ0v) is 20.0. The van der Waals surface area contributed by atoms with Gasteiger partial charge in [0, 0.05) is 37.6 Å². The summed E-state index contributed by atoms with van der Waals surface area (Å²) in [6.45, 7) is 3.96. The number of nitrogens with one attached hydrogen (secondary N) is 1.